The molecule has 0 spiro atoms. The second-order valence-electron chi connectivity index (χ2n) is 6.80. The van der Waals surface area contributed by atoms with Gasteiger partial charge >= 0.3 is 11.9 Å². The first-order valence-corrected chi connectivity index (χ1v) is 8.37. The SMILES string of the molecule is C=C1C(=O)OC2/C=C(\C)CCC=C(C=O)C(O)C(OC(=O)C(C)C)C12. The maximum absolute atomic E-state index is 12.1. The van der Waals surface area contributed by atoms with Crippen molar-refractivity contribution < 1.29 is 29.0 Å². The molecule has 1 heterocycles. The number of aliphatic hydroxyl groups is 1. The zero-order valence-corrected chi connectivity index (χ0v) is 14.7. The lowest BCUT2D eigenvalue weighted by molar-refractivity contribution is -0.162. The average molecular weight is 348 g/mol. The Labute approximate surface area is 147 Å². The largest absolute Gasteiger partial charge is 0.458 e. The van der Waals surface area contributed by atoms with Crippen molar-refractivity contribution in [3.05, 3.63) is 35.5 Å². The third-order valence-corrected chi connectivity index (χ3v) is 4.50. The summed E-state index contributed by atoms with van der Waals surface area (Å²) in [6, 6.07) is 0. The smallest absolute Gasteiger partial charge is 0.334 e. The number of fused-ring (bicyclic) bond motifs is 1. The Kier molecular flexibility index (Phi) is 5.95. The van der Waals surface area contributed by atoms with Gasteiger partial charge in [-0.05, 0) is 25.8 Å². The van der Waals surface area contributed by atoms with Crippen molar-refractivity contribution in [3.63, 3.8) is 0 Å². The van der Waals surface area contributed by atoms with Crippen LogP contribution in [0.3, 0.4) is 0 Å². The van der Waals surface area contributed by atoms with E-state index in [4.69, 9.17) is 9.47 Å². The second-order valence-corrected chi connectivity index (χ2v) is 6.80. The molecule has 1 aliphatic heterocycles. The van der Waals surface area contributed by atoms with Gasteiger partial charge in [0.05, 0.1) is 11.8 Å². The molecular weight excluding hydrogens is 324 g/mol. The van der Waals surface area contributed by atoms with E-state index in [0.717, 1.165) is 5.57 Å². The number of hydrogen-bond acceptors (Lipinski definition) is 6. The van der Waals surface area contributed by atoms with E-state index in [1.165, 1.54) is 0 Å². The third-order valence-electron chi connectivity index (χ3n) is 4.50. The average Bonchev–Trinajstić information content (AvgIpc) is 2.82. The summed E-state index contributed by atoms with van der Waals surface area (Å²) in [6.45, 7) is 8.97. The van der Waals surface area contributed by atoms with Gasteiger partial charge in [0, 0.05) is 11.1 Å². The van der Waals surface area contributed by atoms with Crippen LogP contribution >= 0.6 is 0 Å². The lowest BCUT2D eigenvalue weighted by atomic mass is 9.83. The minimum Gasteiger partial charge on any atom is -0.458 e. The molecule has 4 atom stereocenters. The molecule has 6 nitrogen and oxygen atoms in total. The van der Waals surface area contributed by atoms with Crippen LogP contribution in [-0.4, -0.2) is 41.6 Å². The minimum atomic E-state index is -1.36. The predicted octanol–water partition coefficient (Wildman–Crippen LogP) is 1.88. The molecule has 2 rings (SSSR count). The van der Waals surface area contributed by atoms with Crippen LogP contribution in [0.4, 0.5) is 0 Å². The van der Waals surface area contributed by atoms with Crippen molar-refractivity contribution in [3.8, 4) is 0 Å². The van der Waals surface area contributed by atoms with Crippen molar-refractivity contribution in [2.45, 2.75) is 51.9 Å². The van der Waals surface area contributed by atoms with Gasteiger partial charge in [-0.1, -0.05) is 32.1 Å². The van der Waals surface area contributed by atoms with Crippen molar-refractivity contribution in [2.24, 2.45) is 11.8 Å². The van der Waals surface area contributed by atoms with Crippen LogP contribution in [-0.2, 0) is 23.9 Å². The van der Waals surface area contributed by atoms with Gasteiger partial charge in [-0.15, -0.1) is 0 Å². The highest BCUT2D eigenvalue weighted by Gasteiger charge is 2.48. The van der Waals surface area contributed by atoms with Crippen LogP contribution in [0.1, 0.15) is 33.6 Å². The number of aliphatic hydroxyl groups excluding tert-OH is 1. The Morgan fingerprint density at radius 1 is 1.48 bits per heavy atom. The van der Waals surface area contributed by atoms with E-state index >= 15 is 0 Å². The highest BCUT2D eigenvalue weighted by atomic mass is 16.6. The molecule has 1 aliphatic carbocycles. The van der Waals surface area contributed by atoms with E-state index < -0.39 is 42.1 Å². The Balaban J connectivity index is 2.50. The highest BCUT2D eigenvalue weighted by molar-refractivity contribution is 5.91. The van der Waals surface area contributed by atoms with E-state index in [9.17, 15) is 19.5 Å². The van der Waals surface area contributed by atoms with Gasteiger partial charge in [-0.3, -0.25) is 9.59 Å². The summed E-state index contributed by atoms with van der Waals surface area (Å²) < 4.78 is 10.8. The zero-order valence-electron chi connectivity index (χ0n) is 14.7. The van der Waals surface area contributed by atoms with Crippen LogP contribution in [0, 0.1) is 11.8 Å². The predicted molar refractivity (Wildman–Crippen MR) is 90.4 cm³/mol. The molecule has 2 aliphatic rings. The van der Waals surface area contributed by atoms with Gasteiger partial charge in [0.15, 0.2) is 0 Å². The van der Waals surface area contributed by atoms with Crippen molar-refractivity contribution in [1.29, 1.82) is 0 Å². The second kappa shape index (κ2) is 7.78. The molecule has 1 N–H and O–H groups in total. The van der Waals surface area contributed by atoms with Gasteiger partial charge in [-0.2, -0.15) is 0 Å². The Hall–Kier alpha value is -2.21. The monoisotopic (exact) mass is 348 g/mol. The minimum absolute atomic E-state index is 0.125. The summed E-state index contributed by atoms with van der Waals surface area (Å²) in [5.41, 5.74) is 1.23. The fourth-order valence-corrected chi connectivity index (χ4v) is 2.99. The number of esters is 2. The lowest BCUT2D eigenvalue weighted by Gasteiger charge is -2.31. The maximum atomic E-state index is 12.1. The number of hydrogen-bond donors (Lipinski definition) is 1. The number of ether oxygens (including phenoxy) is 2. The Bertz CT molecular complexity index is 642. The molecule has 0 aromatic carbocycles. The molecule has 1 fully saturated rings. The van der Waals surface area contributed by atoms with E-state index in [1.54, 1.807) is 26.0 Å². The first-order valence-electron chi connectivity index (χ1n) is 8.37. The first-order chi connectivity index (χ1) is 11.8. The van der Waals surface area contributed by atoms with Gasteiger partial charge < -0.3 is 14.6 Å². The summed E-state index contributed by atoms with van der Waals surface area (Å²) in [6.07, 6.45) is 2.01. The molecule has 6 heteroatoms. The quantitative estimate of drug-likeness (QED) is 0.362. The fourth-order valence-electron chi connectivity index (χ4n) is 2.99. The van der Waals surface area contributed by atoms with Gasteiger partial charge in [0.1, 0.15) is 24.6 Å². The zero-order chi connectivity index (χ0) is 18.7. The Morgan fingerprint density at radius 3 is 2.76 bits per heavy atom. The normalized spacial score (nSPS) is 32.2. The maximum Gasteiger partial charge on any atom is 0.334 e. The molecule has 0 radical (unpaired) electrons. The molecule has 0 aromatic rings. The standard InChI is InChI=1S/C19H24O6/c1-10(2)18(22)25-17-15-12(4)19(23)24-14(15)8-11(3)6-5-7-13(9-20)16(17)21/h7-10,14-17,21H,4-6H2,1-3H3/b11-8+,13-7?. The molecule has 1 saturated heterocycles. The molecule has 4 unspecified atom stereocenters. The summed E-state index contributed by atoms with van der Waals surface area (Å²) >= 11 is 0. The van der Waals surface area contributed by atoms with Crippen molar-refractivity contribution in [1.82, 2.24) is 0 Å². The van der Waals surface area contributed by atoms with Crippen LogP contribution in [0.2, 0.25) is 0 Å². The van der Waals surface area contributed by atoms with Crippen LogP contribution in [0.15, 0.2) is 35.5 Å². The molecular formula is C19H24O6. The first kappa shape index (κ1) is 19.1. The van der Waals surface area contributed by atoms with Crippen LogP contribution in [0.25, 0.3) is 0 Å². The molecule has 136 valence electrons. The molecule has 0 amide bonds. The van der Waals surface area contributed by atoms with E-state index in [0.29, 0.717) is 19.1 Å². The topological polar surface area (TPSA) is 89.9 Å². The van der Waals surface area contributed by atoms with Crippen LogP contribution < -0.4 is 0 Å². The van der Waals surface area contributed by atoms with Gasteiger partial charge in [0.2, 0.25) is 0 Å². The molecule has 0 bridgehead atoms. The van der Waals surface area contributed by atoms with E-state index in [1.807, 2.05) is 6.92 Å². The third kappa shape index (κ3) is 4.07. The summed E-state index contributed by atoms with van der Waals surface area (Å²) in [4.78, 5) is 35.6. The highest BCUT2D eigenvalue weighted by Crippen LogP contribution is 2.36. The Morgan fingerprint density at radius 2 is 2.16 bits per heavy atom. The van der Waals surface area contributed by atoms with Crippen LogP contribution in [0.5, 0.6) is 0 Å². The fraction of sp³-hybridized carbons (Fsp3) is 0.526. The van der Waals surface area contributed by atoms with Gasteiger partial charge in [-0.25, -0.2) is 4.79 Å². The molecule has 25 heavy (non-hydrogen) atoms. The van der Waals surface area contributed by atoms with Gasteiger partial charge in [0.25, 0.3) is 0 Å². The number of carbonyl (C=O) groups is 3. The summed E-state index contributed by atoms with van der Waals surface area (Å²) in [7, 11) is 0. The molecule has 0 aromatic heterocycles. The van der Waals surface area contributed by atoms with Crippen molar-refractivity contribution in [2.75, 3.05) is 0 Å². The number of aldehydes is 1. The van der Waals surface area contributed by atoms with E-state index in [-0.39, 0.29) is 11.1 Å². The number of carbonyl (C=O) groups excluding carboxylic acids is 3. The lowest BCUT2D eigenvalue weighted by Crippen LogP contribution is -2.43. The van der Waals surface area contributed by atoms with Crippen molar-refractivity contribution >= 4 is 18.2 Å². The number of allylic oxidation sites excluding steroid dienone is 2. The number of rotatable bonds is 3. The summed E-state index contributed by atoms with van der Waals surface area (Å²) in [5.74, 6) is -2.29. The molecule has 0 saturated carbocycles. The summed E-state index contributed by atoms with van der Waals surface area (Å²) in [5, 5.41) is 10.7. The van der Waals surface area contributed by atoms with E-state index in [2.05, 4.69) is 6.58 Å².